The van der Waals surface area contributed by atoms with Crippen LogP contribution in [0.15, 0.2) is 18.2 Å². The zero-order valence-corrected chi connectivity index (χ0v) is 9.90. The summed E-state index contributed by atoms with van der Waals surface area (Å²) in [5.74, 6) is -3.85. The lowest BCUT2D eigenvalue weighted by Gasteiger charge is -2.15. The maximum atomic E-state index is 13.4. The monoisotopic (exact) mass is 273 g/mol. The molecule has 7 heteroatoms. The van der Waals surface area contributed by atoms with Crippen LogP contribution in [-0.2, 0) is 4.79 Å². The topological polar surface area (TPSA) is 86.6 Å². The Balaban J connectivity index is 2.97. The minimum atomic E-state index is -1.26. The van der Waals surface area contributed by atoms with E-state index in [1.54, 1.807) is 0 Å². The maximum Gasteiger partial charge on any atom is 0.305 e. The van der Waals surface area contributed by atoms with Gasteiger partial charge in [0.25, 0.3) is 0 Å². The molecule has 0 radical (unpaired) electrons. The molecule has 1 aromatic rings. The SMILES string of the molecule is O=C(O)CC(NCCO)C(=O)c1cc(F)ccc1F. The lowest BCUT2D eigenvalue weighted by atomic mass is 10.0. The minimum Gasteiger partial charge on any atom is -0.481 e. The van der Waals surface area contributed by atoms with Gasteiger partial charge in [-0.3, -0.25) is 9.59 Å². The van der Waals surface area contributed by atoms with Crippen LogP contribution >= 0.6 is 0 Å². The fourth-order valence-corrected chi connectivity index (χ4v) is 1.54. The first-order valence-electron chi connectivity index (χ1n) is 5.51. The zero-order chi connectivity index (χ0) is 14.4. The van der Waals surface area contributed by atoms with Crippen LogP contribution in [0.2, 0.25) is 0 Å². The Hall–Kier alpha value is -1.86. The number of carboxylic acids is 1. The van der Waals surface area contributed by atoms with Crippen LogP contribution in [0.25, 0.3) is 0 Å². The van der Waals surface area contributed by atoms with E-state index in [1.165, 1.54) is 0 Å². The number of carbonyl (C=O) groups is 2. The predicted molar refractivity (Wildman–Crippen MR) is 61.8 cm³/mol. The van der Waals surface area contributed by atoms with Gasteiger partial charge in [-0.05, 0) is 18.2 Å². The average Bonchev–Trinajstić information content (AvgIpc) is 2.36. The van der Waals surface area contributed by atoms with E-state index in [9.17, 15) is 18.4 Å². The van der Waals surface area contributed by atoms with Crippen molar-refractivity contribution < 1.29 is 28.6 Å². The van der Waals surface area contributed by atoms with Crippen molar-refractivity contribution in [2.75, 3.05) is 13.2 Å². The highest BCUT2D eigenvalue weighted by atomic mass is 19.1. The number of rotatable bonds is 7. The number of nitrogens with one attached hydrogen (secondary N) is 1. The van der Waals surface area contributed by atoms with Gasteiger partial charge in [-0.15, -0.1) is 0 Å². The van der Waals surface area contributed by atoms with Gasteiger partial charge in [0.2, 0.25) is 0 Å². The van der Waals surface area contributed by atoms with Crippen molar-refractivity contribution in [1.29, 1.82) is 0 Å². The van der Waals surface area contributed by atoms with E-state index in [2.05, 4.69) is 5.32 Å². The Kier molecular flexibility index (Phi) is 5.53. The van der Waals surface area contributed by atoms with Crippen LogP contribution in [0.3, 0.4) is 0 Å². The maximum absolute atomic E-state index is 13.4. The summed E-state index contributed by atoms with van der Waals surface area (Å²) in [4.78, 5) is 22.6. The first-order valence-corrected chi connectivity index (χ1v) is 5.51. The van der Waals surface area contributed by atoms with Gasteiger partial charge < -0.3 is 15.5 Å². The Labute approximate surface area is 107 Å². The summed E-state index contributed by atoms with van der Waals surface area (Å²) in [7, 11) is 0. The second-order valence-electron chi connectivity index (χ2n) is 3.82. The number of aliphatic hydroxyl groups excluding tert-OH is 1. The minimum absolute atomic E-state index is 0.0272. The number of aliphatic hydroxyl groups is 1. The van der Waals surface area contributed by atoms with Gasteiger partial charge >= 0.3 is 5.97 Å². The Morgan fingerprint density at radius 2 is 2.00 bits per heavy atom. The summed E-state index contributed by atoms with van der Waals surface area (Å²) in [6.45, 7) is -0.338. The smallest absolute Gasteiger partial charge is 0.305 e. The molecule has 104 valence electrons. The largest absolute Gasteiger partial charge is 0.481 e. The zero-order valence-electron chi connectivity index (χ0n) is 9.90. The fraction of sp³-hybridized carbons (Fsp3) is 0.333. The molecule has 0 aliphatic carbocycles. The van der Waals surface area contributed by atoms with Gasteiger partial charge in [-0.1, -0.05) is 0 Å². The number of carbonyl (C=O) groups excluding carboxylic acids is 1. The van der Waals surface area contributed by atoms with Crippen molar-refractivity contribution in [3.63, 3.8) is 0 Å². The predicted octanol–water partition coefficient (Wildman–Crippen LogP) is 0.573. The van der Waals surface area contributed by atoms with Crippen LogP contribution < -0.4 is 5.32 Å². The third-order valence-electron chi connectivity index (χ3n) is 2.39. The Bertz CT molecular complexity index is 479. The van der Waals surface area contributed by atoms with Crippen LogP contribution in [0.4, 0.5) is 8.78 Å². The van der Waals surface area contributed by atoms with Crippen LogP contribution in [-0.4, -0.2) is 41.2 Å². The molecule has 1 aromatic carbocycles. The van der Waals surface area contributed by atoms with Gasteiger partial charge in [-0.2, -0.15) is 0 Å². The van der Waals surface area contributed by atoms with E-state index in [1.807, 2.05) is 0 Å². The molecule has 0 saturated carbocycles. The molecule has 5 nitrogen and oxygen atoms in total. The van der Waals surface area contributed by atoms with Gasteiger partial charge in [-0.25, -0.2) is 8.78 Å². The second-order valence-corrected chi connectivity index (χ2v) is 3.82. The van der Waals surface area contributed by atoms with E-state index in [4.69, 9.17) is 10.2 Å². The molecule has 3 N–H and O–H groups in total. The molecule has 1 unspecified atom stereocenters. The molecule has 0 aromatic heterocycles. The number of ketones is 1. The van der Waals surface area contributed by atoms with Crippen LogP contribution in [0.1, 0.15) is 16.8 Å². The first kappa shape index (κ1) is 15.2. The van der Waals surface area contributed by atoms with Crippen molar-refractivity contribution in [1.82, 2.24) is 5.32 Å². The molecule has 0 aliphatic rings. The number of halogens is 2. The summed E-state index contributed by atoms with van der Waals surface area (Å²) in [5.41, 5.74) is -0.517. The Morgan fingerprint density at radius 1 is 1.32 bits per heavy atom. The highest BCUT2D eigenvalue weighted by Crippen LogP contribution is 2.13. The Morgan fingerprint density at radius 3 is 2.58 bits per heavy atom. The molecular formula is C12H13F2NO4. The van der Waals surface area contributed by atoms with Gasteiger partial charge in [0.15, 0.2) is 5.78 Å². The number of carboxylic acid groups (broad SMARTS) is 1. The molecular weight excluding hydrogens is 260 g/mol. The standard InChI is InChI=1S/C12H13F2NO4/c13-7-1-2-9(14)8(5-7)12(19)10(6-11(17)18)15-3-4-16/h1-2,5,10,15-16H,3-4,6H2,(H,17,18). The normalized spacial score (nSPS) is 12.2. The summed E-state index contributed by atoms with van der Waals surface area (Å²) in [6, 6.07) is 1.15. The van der Waals surface area contributed by atoms with Crippen LogP contribution in [0, 0.1) is 11.6 Å². The van der Waals surface area contributed by atoms with Crippen LogP contribution in [0.5, 0.6) is 0 Å². The van der Waals surface area contributed by atoms with E-state index >= 15 is 0 Å². The second kappa shape index (κ2) is 6.91. The molecule has 1 rings (SSSR count). The van der Waals surface area contributed by atoms with Crippen molar-refractivity contribution in [3.8, 4) is 0 Å². The summed E-state index contributed by atoms with van der Waals surface area (Å²) < 4.78 is 26.4. The molecule has 0 saturated heterocycles. The number of hydrogen-bond donors (Lipinski definition) is 3. The number of benzene rings is 1. The molecule has 19 heavy (non-hydrogen) atoms. The highest BCUT2D eigenvalue weighted by Gasteiger charge is 2.25. The average molecular weight is 273 g/mol. The third kappa shape index (κ3) is 4.38. The van der Waals surface area contributed by atoms with Crippen molar-refractivity contribution in [2.24, 2.45) is 0 Å². The molecule has 0 spiro atoms. The summed E-state index contributed by atoms with van der Waals surface area (Å²) in [6.07, 6.45) is -0.589. The molecule has 0 fully saturated rings. The summed E-state index contributed by atoms with van der Waals surface area (Å²) >= 11 is 0. The van der Waals surface area contributed by atoms with Gasteiger partial charge in [0, 0.05) is 6.54 Å². The fourth-order valence-electron chi connectivity index (χ4n) is 1.54. The molecule has 0 aliphatic heterocycles. The van der Waals surface area contributed by atoms with E-state index in [0.717, 1.165) is 12.1 Å². The quantitative estimate of drug-likeness (QED) is 0.632. The van der Waals surface area contributed by atoms with Crippen molar-refractivity contribution >= 4 is 11.8 Å². The number of Topliss-reactive ketones (excluding diaryl/α,β-unsaturated/α-hetero) is 1. The number of aliphatic carboxylic acids is 1. The van der Waals surface area contributed by atoms with E-state index in [-0.39, 0.29) is 13.2 Å². The lowest BCUT2D eigenvalue weighted by molar-refractivity contribution is -0.137. The van der Waals surface area contributed by atoms with E-state index in [0.29, 0.717) is 6.07 Å². The van der Waals surface area contributed by atoms with Gasteiger partial charge in [0.1, 0.15) is 11.6 Å². The molecule has 1 atom stereocenters. The molecule has 0 bridgehead atoms. The van der Waals surface area contributed by atoms with Crippen molar-refractivity contribution in [2.45, 2.75) is 12.5 Å². The lowest BCUT2D eigenvalue weighted by Crippen LogP contribution is -2.40. The first-order chi connectivity index (χ1) is 8.95. The van der Waals surface area contributed by atoms with E-state index < -0.39 is 41.4 Å². The summed E-state index contributed by atoms with van der Waals surface area (Å²) in [5, 5.41) is 19.8. The third-order valence-corrected chi connectivity index (χ3v) is 2.39. The highest BCUT2D eigenvalue weighted by molar-refractivity contribution is 6.01. The number of hydrogen-bond acceptors (Lipinski definition) is 4. The molecule has 0 heterocycles. The van der Waals surface area contributed by atoms with Gasteiger partial charge in [0.05, 0.1) is 24.6 Å². The van der Waals surface area contributed by atoms with Crippen molar-refractivity contribution in [3.05, 3.63) is 35.4 Å². The molecule has 0 amide bonds.